The molecule has 0 aromatic heterocycles. The number of ether oxygens (including phenoxy) is 1. The van der Waals surface area contributed by atoms with Crippen molar-refractivity contribution in [3.05, 3.63) is 23.2 Å². The number of nitrogens with zero attached hydrogens (tertiary/aromatic N) is 2. The van der Waals surface area contributed by atoms with Gasteiger partial charge in [-0.15, -0.1) is 0 Å². The summed E-state index contributed by atoms with van der Waals surface area (Å²) in [5.74, 6) is 0.289. The molecule has 21 heavy (non-hydrogen) atoms. The molecule has 1 aliphatic heterocycles. The number of benzene rings is 1. The van der Waals surface area contributed by atoms with E-state index in [1.165, 1.54) is 17.5 Å². The second-order valence-corrected chi connectivity index (χ2v) is 7.11. The van der Waals surface area contributed by atoms with Crippen LogP contribution in [-0.2, 0) is 10.0 Å². The molecule has 6 nitrogen and oxygen atoms in total. The van der Waals surface area contributed by atoms with Crippen LogP contribution in [0, 0.1) is 0 Å². The maximum absolute atomic E-state index is 12.7. The standard InChI is InChI=1S/C13H19ClN2O4S/c1-20-12-3-2-11(14)10-13(12)21(18,19)16-6-4-15(5-7-16)8-9-17/h2-3,10,17H,4-9H2,1H3. The number of β-amino-alcohol motifs (C(OH)–C–C–N with tert-alkyl or cyclic N) is 1. The Bertz CT molecular complexity index is 586. The van der Waals surface area contributed by atoms with Crippen LogP contribution in [-0.4, -0.2) is 69.2 Å². The lowest BCUT2D eigenvalue weighted by molar-refractivity contribution is 0.151. The highest BCUT2D eigenvalue weighted by molar-refractivity contribution is 7.89. The van der Waals surface area contributed by atoms with Crippen molar-refractivity contribution >= 4 is 21.6 Å². The van der Waals surface area contributed by atoms with Crippen molar-refractivity contribution < 1.29 is 18.3 Å². The molecule has 0 radical (unpaired) electrons. The van der Waals surface area contributed by atoms with E-state index in [-0.39, 0.29) is 17.3 Å². The summed E-state index contributed by atoms with van der Waals surface area (Å²) in [6.45, 7) is 2.62. The molecule has 0 unspecified atom stereocenters. The normalized spacial score (nSPS) is 17.9. The largest absolute Gasteiger partial charge is 0.495 e. The van der Waals surface area contributed by atoms with Crippen molar-refractivity contribution in [1.82, 2.24) is 9.21 Å². The summed E-state index contributed by atoms with van der Waals surface area (Å²) in [7, 11) is -2.20. The van der Waals surface area contributed by atoms with E-state index in [4.69, 9.17) is 21.4 Å². The summed E-state index contributed by atoms with van der Waals surface area (Å²) in [6.07, 6.45) is 0. The van der Waals surface area contributed by atoms with Crippen LogP contribution in [0.4, 0.5) is 0 Å². The van der Waals surface area contributed by atoms with Gasteiger partial charge in [-0.1, -0.05) is 11.6 Å². The maximum atomic E-state index is 12.7. The van der Waals surface area contributed by atoms with Gasteiger partial charge in [0.25, 0.3) is 0 Å². The quantitative estimate of drug-likeness (QED) is 0.856. The van der Waals surface area contributed by atoms with Crippen LogP contribution in [0.1, 0.15) is 0 Å². The van der Waals surface area contributed by atoms with Gasteiger partial charge >= 0.3 is 0 Å². The Morgan fingerprint density at radius 1 is 1.29 bits per heavy atom. The first-order valence-corrected chi connectivity index (χ1v) is 8.47. The van der Waals surface area contributed by atoms with Crippen LogP contribution in [0.15, 0.2) is 23.1 Å². The molecule has 1 aromatic carbocycles. The molecule has 0 bridgehead atoms. The number of aliphatic hydroxyl groups excluding tert-OH is 1. The Kier molecular flexibility index (Phi) is 5.45. The van der Waals surface area contributed by atoms with Crippen molar-refractivity contribution in [2.24, 2.45) is 0 Å². The van der Waals surface area contributed by atoms with Gasteiger partial charge in [0.2, 0.25) is 10.0 Å². The fourth-order valence-corrected chi connectivity index (χ4v) is 4.17. The smallest absolute Gasteiger partial charge is 0.246 e. The molecule has 0 spiro atoms. The first-order chi connectivity index (χ1) is 9.98. The first-order valence-electron chi connectivity index (χ1n) is 6.66. The molecule has 0 amide bonds. The predicted octanol–water partition coefficient (Wildman–Crippen LogP) is 0.647. The molecule has 1 aromatic rings. The molecule has 0 atom stereocenters. The zero-order valence-corrected chi connectivity index (χ0v) is 13.4. The third-order valence-corrected chi connectivity index (χ3v) is 5.65. The van der Waals surface area contributed by atoms with Crippen molar-refractivity contribution in [2.75, 3.05) is 46.4 Å². The summed E-state index contributed by atoms with van der Waals surface area (Å²) in [4.78, 5) is 2.12. The minimum atomic E-state index is -3.63. The average Bonchev–Trinajstić information content (AvgIpc) is 2.48. The van der Waals surface area contributed by atoms with Gasteiger partial charge in [0.15, 0.2) is 0 Å². The number of methoxy groups -OCH3 is 1. The van der Waals surface area contributed by atoms with Gasteiger partial charge in [-0.25, -0.2) is 8.42 Å². The number of rotatable bonds is 5. The van der Waals surface area contributed by atoms with E-state index in [0.29, 0.717) is 37.7 Å². The summed E-state index contributed by atoms with van der Waals surface area (Å²) in [5.41, 5.74) is 0. The van der Waals surface area contributed by atoms with Gasteiger partial charge in [-0.3, -0.25) is 4.90 Å². The molecule has 118 valence electrons. The number of hydrogen-bond acceptors (Lipinski definition) is 5. The third-order valence-electron chi connectivity index (χ3n) is 3.49. The van der Waals surface area contributed by atoms with Gasteiger partial charge in [0.05, 0.1) is 13.7 Å². The van der Waals surface area contributed by atoms with Crippen LogP contribution < -0.4 is 4.74 Å². The highest BCUT2D eigenvalue weighted by Gasteiger charge is 2.30. The zero-order chi connectivity index (χ0) is 15.5. The Morgan fingerprint density at radius 3 is 2.52 bits per heavy atom. The minimum absolute atomic E-state index is 0.0782. The summed E-state index contributed by atoms with van der Waals surface area (Å²) < 4.78 is 32.0. The van der Waals surface area contributed by atoms with Crippen molar-refractivity contribution in [2.45, 2.75) is 4.90 Å². The lowest BCUT2D eigenvalue weighted by atomic mass is 10.3. The molecule has 1 fully saturated rings. The molecule has 2 rings (SSSR count). The van der Waals surface area contributed by atoms with Crippen LogP contribution in [0.25, 0.3) is 0 Å². The molecular formula is C13H19ClN2O4S. The predicted molar refractivity (Wildman–Crippen MR) is 80.3 cm³/mol. The zero-order valence-electron chi connectivity index (χ0n) is 11.8. The molecule has 0 aliphatic carbocycles. The van der Waals surface area contributed by atoms with Crippen LogP contribution >= 0.6 is 11.6 Å². The van der Waals surface area contributed by atoms with Gasteiger partial charge in [0, 0.05) is 37.7 Å². The Balaban J connectivity index is 2.21. The SMILES string of the molecule is COc1ccc(Cl)cc1S(=O)(=O)N1CCN(CCO)CC1. The second kappa shape index (κ2) is 6.93. The Labute approximate surface area is 129 Å². The summed E-state index contributed by atoms with van der Waals surface area (Å²) in [5, 5.41) is 9.27. The van der Waals surface area contributed by atoms with Crippen molar-refractivity contribution in [1.29, 1.82) is 0 Å². The molecule has 8 heteroatoms. The maximum Gasteiger partial charge on any atom is 0.246 e. The van der Waals surface area contributed by atoms with E-state index in [1.54, 1.807) is 12.1 Å². The van der Waals surface area contributed by atoms with Crippen LogP contribution in [0.3, 0.4) is 0 Å². The highest BCUT2D eigenvalue weighted by atomic mass is 35.5. The van der Waals surface area contributed by atoms with E-state index < -0.39 is 10.0 Å². The first kappa shape index (κ1) is 16.5. The molecule has 1 heterocycles. The Morgan fingerprint density at radius 2 is 1.95 bits per heavy atom. The third kappa shape index (κ3) is 3.67. The fourth-order valence-electron chi connectivity index (χ4n) is 2.33. The van der Waals surface area contributed by atoms with Gasteiger partial charge in [-0.05, 0) is 18.2 Å². The van der Waals surface area contributed by atoms with Gasteiger partial charge in [0.1, 0.15) is 10.6 Å². The van der Waals surface area contributed by atoms with Gasteiger partial charge in [-0.2, -0.15) is 4.31 Å². The summed E-state index contributed by atoms with van der Waals surface area (Å²) in [6, 6.07) is 4.56. The fraction of sp³-hybridized carbons (Fsp3) is 0.538. The van der Waals surface area contributed by atoms with E-state index in [0.717, 1.165) is 0 Å². The number of halogens is 1. The molecule has 1 saturated heterocycles. The Hall–Kier alpha value is -0.860. The summed E-state index contributed by atoms with van der Waals surface area (Å²) >= 11 is 5.91. The average molecular weight is 335 g/mol. The number of sulfonamides is 1. The molecular weight excluding hydrogens is 316 g/mol. The van der Waals surface area contributed by atoms with Gasteiger partial charge < -0.3 is 9.84 Å². The van der Waals surface area contributed by atoms with Crippen LogP contribution in [0.2, 0.25) is 5.02 Å². The van der Waals surface area contributed by atoms with E-state index in [1.807, 2.05) is 4.90 Å². The molecule has 1 N–H and O–H groups in total. The van der Waals surface area contributed by atoms with E-state index >= 15 is 0 Å². The van der Waals surface area contributed by atoms with E-state index in [2.05, 4.69) is 0 Å². The lowest BCUT2D eigenvalue weighted by Gasteiger charge is -2.33. The molecule has 0 saturated carbocycles. The minimum Gasteiger partial charge on any atom is -0.495 e. The topological polar surface area (TPSA) is 70.1 Å². The number of piperazine rings is 1. The molecule has 1 aliphatic rings. The number of hydrogen-bond donors (Lipinski definition) is 1. The van der Waals surface area contributed by atoms with E-state index in [9.17, 15) is 8.42 Å². The van der Waals surface area contributed by atoms with Crippen LogP contribution in [0.5, 0.6) is 5.75 Å². The highest BCUT2D eigenvalue weighted by Crippen LogP contribution is 2.30. The van der Waals surface area contributed by atoms with Crippen molar-refractivity contribution in [3.8, 4) is 5.75 Å². The second-order valence-electron chi connectivity index (χ2n) is 4.76. The number of aliphatic hydroxyl groups is 1. The monoisotopic (exact) mass is 334 g/mol. The lowest BCUT2D eigenvalue weighted by Crippen LogP contribution is -2.49. The van der Waals surface area contributed by atoms with Crippen molar-refractivity contribution in [3.63, 3.8) is 0 Å².